The molecule has 0 bridgehead atoms. The third-order valence-corrected chi connectivity index (χ3v) is 8.62. The van der Waals surface area contributed by atoms with Gasteiger partial charge in [-0.3, -0.25) is 24.3 Å². The molecule has 0 radical (unpaired) electrons. The summed E-state index contributed by atoms with van der Waals surface area (Å²) < 4.78 is 14.9. The van der Waals surface area contributed by atoms with Crippen LogP contribution in [-0.4, -0.2) is 58.4 Å². The van der Waals surface area contributed by atoms with Crippen molar-refractivity contribution in [3.8, 4) is 6.07 Å². The largest absolute Gasteiger partial charge is 0.367 e. The monoisotopic (exact) mass is 522 g/mol. The number of rotatable bonds is 6. The smallest absolute Gasteiger partial charge is 0.171 e. The average Bonchev–Trinajstić information content (AvgIpc) is 3.78. The van der Waals surface area contributed by atoms with Gasteiger partial charge in [0.1, 0.15) is 16.0 Å². The number of pyridine rings is 1. The summed E-state index contributed by atoms with van der Waals surface area (Å²) in [6.07, 6.45) is 5.67. The number of halogens is 2. The Bertz CT molecular complexity index is 1150. The van der Waals surface area contributed by atoms with E-state index in [0.717, 1.165) is 54.0 Å². The van der Waals surface area contributed by atoms with Gasteiger partial charge in [0.15, 0.2) is 11.0 Å². The summed E-state index contributed by atoms with van der Waals surface area (Å²) in [6, 6.07) is 4.38. The lowest BCUT2D eigenvalue weighted by Crippen LogP contribution is -2.43. The minimum atomic E-state index is -0.718. The highest BCUT2D eigenvalue weighted by Crippen LogP contribution is 2.49. The van der Waals surface area contributed by atoms with Gasteiger partial charge in [0.2, 0.25) is 0 Å². The molecule has 5 rings (SSSR count). The molecule has 4 N–H and O–H groups in total. The molecule has 0 spiro atoms. The van der Waals surface area contributed by atoms with Crippen LogP contribution in [0.15, 0.2) is 17.2 Å². The molecule has 3 fully saturated rings. The molecule has 2 aromatic rings. The zero-order chi connectivity index (χ0) is 24.5. The second kappa shape index (κ2) is 10.0. The molecule has 34 heavy (non-hydrogen) atoms. The van der Waals surface area contributed by atoms with E-state index in [-0.39, 0.29) is 15.6 Å². The van der Waals surface area contributed by atoms with Gasteiger partial charge in [0, 0.05) is 42.8 Å². The maximum atomic E-state index is 9.50. The first-order chi connectivity index (χ1) is 16.3. The minimum Gasteiger partial charge on any atom is -0.367 e. The number of hydrogen-bond acceptors (Lipinski definition) is 9. The van der Waals surface area contributed by atoms with Crippen molar-refractivity contribution in [2.75, 3.05) is 38.3 Å². The second-order valence-electron chi connectivity index (χ2n) is 8.96. The van der Waals surface area contributed by atoms with Gasteiger partial charge < -0.3 is 10.2 Å². The Hall–Kier alpha value is -1.84. The molecule has 2 aliphatic carbocycles. The fraction of sp³-hybridized carbons (Fsp3) is 0.545. The quantitative estimate of drug-likeness (QED) is 0.251. The highest BCUT2D eigenvalue weighted by Gasteiger charge is 2.48. The Morgan fingerprint density at radius 2 is 1.94 bits per heavy atom. The number of aromatic nitrogens is 2. The van der Waals surface area contributed by atoms with E-state index >= 15 is 0 Å². The maximum absolute atomic E-state index is 9.50. The highest BCUT2D eigenvalue weighted by atomic mass is 35.5. The molecule has 182 valence electrons. The van der Waals surface area contributed by atoms with Crippen LogP contribution in [-0.2, 0) is 0 Å². The van der Waals surface area contributed by atoms with E-state index in [0.29, 0.717) is 31.0 Å². The first-order valence-corrected chi connectivity index (χ1v) is 13.1. The number of fused-ring (bicyclic) bond motifs is 1. The summed E-state index contributed by atoms with van der Waals surface area (Å²) in [5.74, 6) is 0.407. The van der Waals surface area contributed by atoms with Crippen LogP contribution >= 0.6 is 35.3 Å². The van der Waals surface area contributed by atoms with Crippen LogP contribution in [0.3, 0.4) is 0 Å². The van der Waals surface area contributed by atoms with Crippen molar-refractivity contribution in [1.82, 2.24) is 19.4 Å². The van der Waals surface area contributed by atoms with Gasteiger partial charge in [0.25, 0.3) is 0 Å². The molecule has 3 heterocycles. The summed E-state index contributed by atoms with van der Waals surface area (Å²) in [7, 11) is 0.500. The van der Waals surface area contributed by atoms with E-state index in [4.69, 9.17) is 22.4 Å². The fourth-order valence-electron chi connectivity index (χ4n) is 3.72. The third kappa shape index (κ3) is 5.06. The molecule has 0 amide bonds. The lowest BCUT2D eigenvalue weighted by Gasteiger charge is -2.30. The van der Waals surface area contributed by atoms with Crippen LogP contribution in [0.2, 0.25) is 5.15 Å². The van der Waals surface area contributed by atoms with E-state index < -0.39 is 5.41 Å². The summed E-state index contributed by atoms with van der Waals surface area (Å²) in [5, 5.41) is 30.5. The molecular weight excluding hydrogens is 495 g/mol. The third-order valence-electron chi connectivity index (χ3n) is 6.33. The first kappa shape index (κ1) is 25.3. The molecular formula is C22H28ClFN8S2. The zero-order valence-corrected chi connectivity index (χ0v) is 21.6. The summed E-state index contributed by atoms with van der Waals surface area (Å²) in [6.45, 7) is 5.76. The van der Waals surface area contributed by atoms with Crippen LogP contribution < -0.4 is 14.9 Å². The van der Waals surface area contributed by atoms with Crippen molar-refractivity contribution in [2.45, 2.75) is 43.0 Å². The first-order valence-electron chi connectivity index (χ1n) is 11.1. The summed E-state index contributed by atoms with van der Waals surface area (Å²) in [5.41, 5.74) is 1.25. The van der Waals surface area contributed by atoms with E-state index in [9.17, 15) is 9.65 Å². The maximum Gasteiger partial charge on any atom is 0.171 e. The van der Waals surface area contributed by atoms with Gasteiger partial charge in [-0.05, 0) is 50.6 Å². The molecule has 0 aromatic carbocycles. The van der Waals surface area contributed by atoms with Crippen molar-refractivity contribution < 1.29 is 4.39 Å². The lowest BCUT2D eigenvalue weighted by atomic mass is 10.2. The second-order valence-corrected chi connectivity index (χ2v) is 11.2. The summed E-state index contributed by atoms with van der Waals surface area (Å²) in [4.78, 5) is 7.85. The SMILES string of the molecule is CC1(NSc2cc(N3CCNCC3)c3c(Cl)nc(C(=N)SC(=N)C4(C#N)CC4)n3c2)CC1.CF. The van der Waals surface area contributed by atoms with Crippen LogP contribution in [0.5, 0.6) is 0 Å². The Balaban J connectivity index is 0.00000133. The van der Waals surface area contributed by atoms with Gasteiger partial charge in [-0.2, -0.15) is 5.26 Å². The van der Waals surface area contributed by atoms with Crippen LogP contribution in [0.4, 0.5) is 10.1 Å². The average molecular weight is 523 g/mol. The van der Waals surface area contributed by atoms with E-state index in [1.54, 1.807) is 11.9 Å². The van der Waals surface area contributed by atoms with Crippen LogP contribution in [0.25, 0.3) is 5.52 Å². The number of thioether (sulfide) groups is 1. The standard InChI is InChI=1S/C21H25ClN8S2.CH3F/c1-20(2-3-20)28-32-13-10-14(29-8-6-26-7-9-29)15-16(22)27-18(30(15)11-13)17(24)31-19(25)21(12-23)4-5-21;1-2/h10-11,24-26,28H,2-9H2,1H3;1H3. The number of piperazine rings is 1. The van der Waals surface area contributed by atoms with Crippen molar-refractivity contribution >= 4 is 56.6 Å². The molecule has 2 saturated carbocycles. The molecule has 12 heteroatoms. The molecule has 1 saturated heterocycles. The Kier molecular flexibility index (Phi) is 7.45. The number of nitrogens with zero attached hydrogens (tertiary/aromatic N) is 4. The predicted molar refractivity (Wildman–Crippen MR) is 138 cm³/mol. The van der Waals surface area contributed by atoms with Crippen molar-refractivity contribution in [2.24, 2.45) is 5.41 Å². The molecule has 3 aliphatic rings. The Morgan fingerprint density at radius 3 is 2.53 bits per heavy atom. The summed E-state index contributed by atoms with van der Waals surface area (Å²) >= 11 is 9.22. The molecule has 0 unspecified atom stereocenters. The van der Waals surface area contributed by atoms with Crippen molar-refractivity contribution in [1.29, 1.82) is 16.1 Å². The van der Waals surface area contributed by atoms with E-state index in [1.165, 1.54) is 12.8 Å². The Morgan fingerprint density at radius 1 is 1.26 bits per heavy atom. The predicted octanol–water partition coefficient (Wildman–Crippen LogP) is 4.47. The van der Waals surface area contributed by atoms with Gasteiger partial charge in [0.05, 0.1) is 24.0 Å². The van der Waals surface area contributed by atoms with Gasteiger partial charge in [-0.15, -0.1) is 0 Å². The van der Waals surface area contributed by atoms with Gasteiger partial charge >= 0.3 is 0 Å². The topological polar surface area (TPSA) is 116 Å². The number of nitriles is 1. The minimum absolute atomic E-state index is 0.133. The van der Waals surface area contributed by atoms with Gasteiger partial charge in [-0.25, -0.2) is 4.98 Å². The molecule has 2 aromatic heterocycles. The van der Waals surface area contributed by atoms with Crippen molar-refractivity contribution in [3.63, 3.8) is 0 Å². The highest BCUT2D eigenvalue weighted by molar-refractivity contribution is 8.26. The molecule has 1 aliphatic heterocycles. The number of anilines is 1. The van der Waals surface area contributed by atoms with Crippen LogP contribution in [0, 0.1) is 27.6 Å². The van der Waals surface area contributed by atoms with E-state index in [1.807, 2.05) is 10.6 Å². The fourth-order valence-corrected chi connectivity index (χ4v) is 5.77. The number of nitrogens with one attached hydrogen (secondary N) is 4. The number of alkyl halides is 1. The number of hydrogen-bond donors (Lipinski definition) is 4. The molecule has 8 nitrogen and oxygen atoms in total. The Labute approximate surface area is 212 Å². The number of imidazole rings is 1. The molecule has 0 atom stereocenters. The zero-order valence-electron chi connectivity index (χ0n) is 19.2. The van der Waals surface area contributed by atoms with Gasteiger partial charge in [-0.1, -0.05) is 23.4 Å². The van der Waals surface area contributed by atoms with Crippen molar-refractivity contribution in [3.05, 3.63) is 23.2 Å². The van der Waals surface area contributed by atoms with Crippen LogP contribution in [0.1, 0.15) is 38.4 Å². The normalized spacial score (nSPS) is 19.7. The van der Waals surface area contributed by atoms with E-state index in [2.05, 4.69) is 39.0 Å². The lowest BCUT2D eigenvalue weighted by molar-refractivity contribution is 0.589.